The summed E-state index contributed by atoms with van der Waals surface area (Å²) in [5.74, 6) is 2.36. The first-order valence-electron chi connectivity index (χ1n) is 15.9. The predicted molar refractivity (Wildman–Crippen MR) is 170 cm³/mol. The van der Waals surface area contributed by atoms with Gasteiger partial charge in [0.1, 0.15) is 0 Å². The van der Waals surface area contributed by atoms with E-state index >= 15 is 0 Å². The molecule has 0 nitrogen and oxygen atoms in total. The first-order valence-corrected chi connectivity index (χ1v) is 17.3. The topological polar surface area (TPSA) is 0 Å². The van der Waals surface area contributed by atoms with Crippen molar-refractivity contribution < 1.29 is 49.5 Å². The van der Waals surface area contributed by atoms with Gasteiger partial charge in [-0.15, -0.1) is 0 Å². The number of benzene rings is 4. The maximum atomic E-state index is 2.61. The number of fused-ring (bicyclic) bond motifs is 3. The second-order valence-corrected chi connectivity index (χ2v) is 14.9. The minimum atomic E-state index is 0. The zero-order valence-electron chi connectivity index (χ0n) is 24.8. The second-order valence-electron chi connectivity index (χ2n) is 13.4. The van der Waals surface area contributed by atoms with Gasteiger partial charge in [-0.25, -0.2) is 0 Å². The molecule has 4 aromatic rings. The molecular weight excluding hydrogens is 655 g/mol. The van der Waals surface area contributed by atoms with Crippen molar-refractivity contribution in [2.75, 3.05) is 0 Å². The third kappa shape index (κ3) is 4.48. The molecule has 0 aromatic heterocycles. The summed E-state index contributed by atoms with van der Waals surface area (Å²) in [4.78, 5) is 0. The molecule has 6 aliphatic carbocycles. The summed E-state index contributed by atoms with van der Waals surface area (Å²) < 4.78 is 0.504. The molecule has 217 valence electrons. The molecule has 3 atom stereocenters. The number of halogens is 2. The molecule has 4 fully saturated rings. The summed E-state index contributed by atoms with van der Waals surface area (Å²) in [7, 11) is 0. The van der Waals surface area contributed by atoms with Crippen molar-refractivity contribution in [3.63, 3.8) is 0 Å². The van der Waals surface area contributed by atoms with Gasteiger partial charge in [0, 0.05) is 0 Å². The number of rotatable bonds is 4. The standard InChI is InChI=1S/C41H35.2ClH.Zr/c1-3-11-29(12-4-1)38(30-13-5-2-6-14-30)40-33-22-27-21-28(23-33)26-41(40,25-27)37-20-19-35-34-18-10-9-17-32(34)24-36(35)39(37)31-15-7-8-16-31;;;/h1-15,17-20,24,27-28,33H,16,21-23,25-26H2;2*1H;/q;;;+2/p-2. The van der Waals surface area contributed by atoms with Crippen molar-refractivity contribution in [1.82, 2.24) is 0 Å². The fourth-order valence-corrected chi connectivity index (χ4v) is 11.3. The van der Waals surface area contributed by atoms with Crippen LogP contribution in [-0.4, -0.2) is 0 Å². The summed E-state index contributed by atoms with van der Waals surface area (Å²) in [6.07, 6.45) is 14.9. The third-order valence-corrected chi connectivity index (χ3v) is 12.7. The molecule has 0 radical (unpaired) electrons. The van der Waals surface area contributed by atoms with Gasteiger partial charge in [0.15, 0.2) is 0 Å². The first-order chi connectivity index (χ1) is 20.7. The molecule has 0 spiro atoms. The average Bonchev–Trinajstić information content (AvgIpc) is 3.66. The fourth-order valence-electron chi connectivity index (χ4n) is 9.99. The Morgan fingerprint density at radius 1 is 0.682 bits per heavy atom. The van der Waals surface area contributed by atoms with Crippen molar-refractivity contribution in [3.05, 3.63) is 154 Å². The van der Waals surface area contributed by atoms with Crippen LogP contribution in [0.5, 0.6) is 0 Å². The Morgan fingerprint density at radius 2 is 1.32 bits per heavy atom. The summed E-state index contributed by atoms with van der Waals surface area (Å²) >= 11 is 1.60. The summed E-state index contributed by atoms with van der Waals surface area (Å²) in [6, 6.07) is 37.1. The van der Waals surface area contributed by atoms with Crippen LogP contribution in [0.1, 0.15) is 75.5 Å². The molecule has 0 heterocycles. The van der Waals surface area contributed by atoms with Crippen LogP contribution in [0.25, 0.3) is 22.3 Å². The second kappa shape index (κ2) is 11.7. The van der Waals surface area contributed by atoms with E-state index in [0.29, 0.717) is 9.54 Å². The van der Waals surface area contributed by atoms with Crippen LogP contribution >= 0.6 is 0 Å². The van der Waals surface area contributed by atoms with Gasteiger partial charge in [0.05, 0.1) is 0 Å². The summed E-state index contributed by atoms with van der Waals surface area (Å²) in [5.41, 5.74) is 17.1. The predicted octanol–water partition coefficient (Wildman–Crippen LogP) is 4.23. The quantitative estimate of drug-likeness (QED) is 0.301. The number of hydrogen-bond acceptors (Lipinski definition) is 0. The van der Waals surface area contributed by atoms with Crippen LogP contribution in [0.3, 0.4) is 0 Å². The van der Waals surface area contributed by atoms with E-state index in [-0.39, 0.29) is 30.2 Å². The van der Waals surface area contributed by atoms with E-state index in [4.69, 9.17) is 0 Å². The van der Waals surface area contributed by atoms with Crippen molar-refractivity contribution in [2.45, 2.75) is 47.6 Å². The Kier molecular flexibility index (Phi) is 8.06. The molecule has 4 saturated carbocycles. The van der Waals surface area contributed by atoms with Crippen LogP contribution in [0.4, 0.5) is 0 Å². The van der Waals surface area contributed by atoms with Gasteiger partial charge >= 0.3 is 267 Å². The Balaban J connectivity index is 0.00000156. The van der Waals surface area contributed by atoms with Gasteiger partial charge in [-0.2, -0.15) is 0 Å². The SMILES string of the molecule is [Cl-].[Cl-].[Zr+2][CH]1c2ccccc2-c2ccc(C34CC5CC(CC(C5)C3=C(c3ccccc3)c3ccccc3)C4)c(C3=CC=CC3)c21. The van der Waals surface area contributed by atoms with Gasteiger partial charge in [0.2, 0.25) is 0 Å². The zero-order valence-corrected chi connectivity index (χ0v) is 28.7. The Labute approximate surface area is 289 Å². The molecule has 0 amide bonds. The van der Waals surface area contributed by atoms with Crippen LogP contribution in [0.2, 0.25) is 0 Å². The van der Waals surface area contributed by atoms with Gasteiger partial charge in [0.25, 0.3) is 0 Å². The maximum absolute atomic E-state index is 2.61. The van der Waals surface area contributed by atoms with E-state index in [1.165, 1.54) is 71.1 Å². The summed E-state index contributed by atoms with van der Waals surface area (Å²) in [5, 5.41) is 0. The molecule has 0 N–H and O–H groups in total. The number of hydrogen-bond donors (Lipinski definition) is 0. The van der Waals surface area contributed by atoms with Crippen molar-refractivity contribution in [2.24, 2.45) is 17.8 Å². The normalized spacial score (nSPS) is 26.9. The van der Waals surface area contributed by atoms with E-state index in [2.05, 4.69) is 115 Å². The van der Waals surface area contributed by atoms with Crippen LogP contribution in [0, 0.1) is 17.8 Å². The molecule has 4 bridgehead atoms. The molecule has 6 aliphatic rings. The Morgan fingerprint density at radius 3 is 1.95 bits per heavy atom. The van der Waals surface area contributed by atoms with Crippen LogP contribution in [-0.2, 0) is 30.1 Å². The van der Waals surface area contributed by atoms with Crippen LogP contribution < -0.4 is 24.8 Å². The van der Waals surface area contributed by atoms with E-state index in [9.17, 15) is 0 Å². The van der Waals surface area contributed by atoms with E-state index in [1.807, 2.05) is 0 Å². The first kappa shape index (κ1) is 30.2. The van der Waals surface area contributed by atoms with Gasteiger partial charge in [-0.1, -0.05) is 0 Å². The van der Waals surface area contributed by atoms with E-state index in [0.717, 1.165) is 18.3 Å². The molecule has 0 aliphatic heterocycles. The average molecular weight is 690 g/mol. The molecule has 3 heteroatoms. The van der Waals surface area contributed by atoms with Crippen molar-refractivity contribution >= 4 is 11.1 Å². The van der Waals surface area contributed by atoms with E-state index in [1.54, 1.807) is 47.0 Å². The van der Waals surface area contributed by atoms with Gasteiger partial charge in [-0.3, -0.25) is 0 Å². The van der Waals surface area contributed by atoms with E-state index < -0.39 is 0 Å². The Bertz CT molecular complexity index is 1760. The molecular formula is C41H35Cl2Zr. The van der Waals surface area contributed by atoms with Gasteiger partial charge in [-0.05, 0) is 0 Å². The minimum absolute atomic E-state index is 0. The van der Waals surface area contributed by atoms with Crippen molar-refractivity contribution in [3.8, 4) is 11.1 Å². The number of allylic oxidation sites excluding steroid dienone is 5. The van der Waals surface area contributed by atoms with Crippen LogP contribution in [0.15, 0.2) is 121 Å². The molecule has 10 rings (SSSR count). The molecule has 3 unspecified atom stereocenters. The van der Waals surface area contributed by atoms with Gasteiger partial charge < -0.3 is 24.8 Å². The molecule has 0 saturated heterocycles. The van der Waals surface area contributed by atoms with Crippen molar-refractivity contribution in [1.29, 1.82) is 0 Å². The monoisotopic (exact) mass is 687 g/mol. The third-order valence-electron chi connectivity index (χ3n) is 11.2. The fraction of sp³-hybridized carbons (Fsp3) is 0.268. The summed E-state index contributed by atoms with van der Waals surface area (Å²) in [6.45, 7) is 0. The Hall–Kier alpha value is -2.44. The zero-order chi connectivity index (χ0) is 27.8. The molecule has 4 aromatic carbocycles. The molecule has 44 heavy (non-hydrogen) atoms.